The van der Waals surface area contributed by atoms with Crippen molar-refractivity contribution < 1.29 is 18.9 Å². The van der Waals surface area contributed by atoms with Crippen LogP contribution in [0.3, 0.4) is 0 Å². The first-order valence-electron chi connectivity index (χ1n) is 7.04. The number of nitrogen functional groups attached to an aromatic ring is 1. The molecule has 24 heavy (non-hydrogen) atoms. The Labute approximate surface area is 143 Å². The lowest BCUT2D eigenvalue weighted by molar-refractivity contribution is 0.0944. The SMILES string of the molecule is COc1cc(CNCCNC(=O)c2nonc2N)cc(Cl)c1OC. The summed E-state index contributed by atoms with van der Waals surface area (Å²) >= 11 is 6.14. The van der Waals surface area contributed by atoms with Gasteiger partial charge in [-0.25, -0.2) is 4.63 Å². The highest BCUT2D eigenvalue weighted by molar-refractivity contribution is 6.32. The molecule has 4 N–H and O–H groups in total. The number of hydrogen-bond donors (Lipinski definition) is 3. The quantitative estimate of drug-likeness (QED) is 0.595. The molecule has 2 rings (SSSR count). The van der Waals surface area contributed by atoms with Gasteiger partial charge in [0.25, 0.3) is 5.91 Å². The molecule has 9 nitrogen and oxygen atoms in total. The molecule has 0 spiro atoms. The Morgan fingerprint density at radius 3 is 2.71 bits per heavy atom. The Balaban J connectivity index is 1.79. The Kier molecular flexibility index (Phi) is 6.21. The molecule has 0 aliphatic rings. The van der Waals surface area contributed by atoms with E-state index in [1.54, 1.807) is 13.2 Å². The van der Waals surface area contributed by atoms with Crippen LogP contribution in [0.4, 0.5) is 5.82 Å². The van der Waals surface area contributed by atoms with E-state index in [-0.39, 0.29) is 11.5 Å². The molecule has 10 heteroatoms. The van der Waals surface area contributed by atoms with Crippen LogP contribution in [0.1, 0.15) is 16.1 Å². The number of aromatic nitrogens is 2. The molecule has 0 bridgehead atoms. The van der Waals surface area contributed by atoms with Crippen molar-refractivity contribution in [2.45, 2.75) is 6.54 Å². The fourth-order valence-corrected chi connectivity index (χ4v) is 2.32. The number of hydrogen-bond acceptors (Lipinski definition) is 8. The summed E-state index contributed by atoms with van der Waals surface area (Å²) in [5.74, 6) is 0.572. The first kappa shape index (κ1) is 17.8. The Bertz CT molecular complexity index is 706. The summed E-state index contributed by atoms with van der Waals surface area (Å²) < 4.78 is 14.8. The highest BCUT2D eigenvalue weighted by Crippen LogP contribution is 2.35. The fraction of sp³-hybridized carbons (Fsp3) is 0.357. The summed E-state index contributed by atoms with van der Waals surface area (Å²) in [6.07, 6.45) is 0. The molecule has 0 aliphatic carbocycles. The standard InChI is InChI=1S/C14H18ClN5O4/c1-22-10-6-8(5-9(15)12(10)23-2)7-17-3-4-18-14(21)11-13(16)20-24-19-11/h5-6,17H,3-4,7H2,1-2H3,(H2,16,20)(H,18,21). The van der Waals surface area contributed by atoms with E-state index in [1.165, 1.54) is 7.11 Å². The van der Waals surface area contributed by atoms with Crippen molar-refractivity contribution in [3.63, 3.8) is 0 Å². The van der Waals surface area contributed by atoms with Gasteiger partial charge in [-0.05, 0) is 28.0 Å². The van der Waals surface area contributed by atoms with Gasteiger partial charge >= 0.3 is 0 Å². The minimum Gasteiger partial charge on any atom is -0.493 e. The summed E-state index contributed by atoms with van der Waals surface area (Å²) in [5, 5.41) is 13.1. The van der Waals surface area contributed by atoms with Gasteiger partial charge in [0, 0.05) is 19.6 Å². The van der Waals surface area contributed by atoms with E-state index in [0.717, 1.165) is 5.56 Å². The molecule has 130 valence electrons. The largest absolute Gasteiger partial charge is 0.493 e. The maximum atomic E-state index is 11.7. The molecule has 1 heterocycles. The minimum atomic E-state index is -0.440. The van der Waals surface area contributed by atoms with Crippen molar-refractivity contribution in [1.82, 2.24) is 20.9 Å². The van der Waals surface area contributed by atoms with Crippen molar-refractivity contribution in [2.75, 3.05) is 33.0 Å². The lowest BCUT2D eigenvalue weighted by Gasteiger charge is -2.12. The third-order valence-electron chi connectivity index (χ3n) is 3.14. The van der Waals surface area contributed by atoms with Crippen molar-refractivity contribution in [1.29, 1.82) is 0 Å². The third-order valence-corrected chi connectivity index (χ3v) is 3.42. The van der Waals surface area contributed by atoms with Crippen LogP contribution in [0.2, 0.25) is 5.02 Å². The normalized spacial score (nSPS) is 10.5. The molecular weight excluding hydrogens is 338 g/mol. The number of ether oxygens (including phenoxy) is 2. The van der Waals surface area contributed by atoms with Crippen LogP contribution in [0.25, 0.3) is 0 Å². The van der Waals surface area contributed by atoms with E-state index in [9.17, 15) is 4.79 Å². The Hall–Kier alpha value is -2.52. The zero-order valence-corrected chi connectivity index (χ0v) is 14.0. The number of nitrogens with two attached hydrogens (primary N) is 1. The zero-order valence-electron chi connectivity index (χ0n) is 13.3. The molecule has 0 saturated heterocycles. The number of nitrogens with one attached hydrogen (secondary N) is 2. The van der Waals surface area contributed by atoms with E-state index in [1.807, 2.05) is 6.07 Å². The average molecular weight is 356 g/mol. The summed E-state index contributed by atoms with van der Waals surface area (Å²) in [7, 11) is 3.08. The van der Waals surface area contributed by atoms with E-state index in [2.05, 4.69) is 25.6 Å². The molecule has 0 saturated carbocycles. The van der Waals surface area contributed by atoms with Gasteiger partial charge in [-0.15, -0.1) is 0 Å². The number of rotatable bonds is 8. The lowest BCUT2D eigenvalue weighted by Crippen LogP contribution is -2.32. The lowest BCUT2D eigenvalue weighted by atomic mass is 10.2. The predicted octanol–water partition coefficient (Wildman–Crippen LogP) is 0.842. The highest BCUT2D eigenvalue weighted by atomic mass is 35.5. The van der Waals surface area contributed by atoms with E-state index in [4.69, 9.17) is 26.8 Å². The molecule has 1 aromatic carbocycles. The number of methoxy groups -OCH3 is 2. The molecule has 0 aliphatic heterocycles. The zero-order chi connectivity index (χ0) is 17.5. The van der Waals surface area contributed by atoms with Crippen molar-refractivity contribution in [3.8, 4) is 11.5 Å². The molecule has 0 atom stereocenters. The number of nitrogens with zero attached hydrogens (tertiary/aromatic N) is 2. The van der Waals surface area contributed by atoms with Crippen LogP contribution >= 0.6 is 11.6 Å². The molecular formula is C14H18ClN5O4. The first-order chi connectivity index (χ1) is 11.6. The molecule has 1 amide bonds. The van der Waals surface area contributed by atoms with Crippen molar-refractivity contribution in [2.24, 2.45) is 0 Å². The van der Waals surface area contributed by atoms with Crippen LogP contribution < -0.4 is 25.8 Å². The van der Waals surface area contributed by atoms with Gasteiger partial charge in [0.05, 0.1) is 19.2 Å². The Morgan fingerprint density at radius 1 is 1.29 bits per heavy atom. The second kappa shape index (κ2) is 8.37. The second-order valence-corrected chi connectivity index (χ2v) is 5.15. The van der Waals surface area contributed by atoms with Crippen molar-refractivity contribution >= 4 is 23.3 Å². The summed E-state index contributed by atoms with van der Waals surface area (Å²) in [6.45, 7) is 1.46. The number of benzene rings is 1. The summed E-state index contributed by atoms with van der Waals surface area (Å²) in [4.78, 5) is 11.7. The van der Waals surface area contributed by atoms with Gasteiger partial charge in [-0.1, -0.05) is 11.6 Å². The van der Waals surface area contributed by atoms with Crippen LogP contribution in [0.15, 0.2) is 16.8 Å². The van der Waals surface area contributed by atoms with Gasteiger partial charge in [0.2, 0.25) is 11.5 Å². The van der Waals surface area contributed by atoms with E-state index >= 15 is 0 Å². The number of halogens is 1. The molecule has 0 fully saturated rings. The third kappa shape index (κ3) is 4.27. The molecule has 0 unspecified atom stereocenters. The van der Waals surface area contributed by atoms with Gasteiger partial charge in [0.15, 0.2) is 11.5 Å². The van der Waals surface area contributed by atoms with E-state index < -0.39 is 5.91 Å². The summed E-state index contributed by atoms with van der Waals surface area (Å²) in [5.41, 5.74) is 6.33. The topological polar surface area (TPSA) is 125 Å². The van der Waals surface area contributed by atoms with Gasteiger partial charge in [0.1, 0.15) is 0 Å². The molecule has 1 aromatic heterocycles. The smallest absolute Gasteiger partial charge is 0.277 e. The van der Waals surface area contributed by atoms with Crippen LogP contribution in [-0.2, 0) is 6.54 Å². The number of carbonyl (C=O) groups is 1. The second-order valence-electron chi connectivity index (χ2n) is 4.74. The fourth-order valence-electron chi connectivity index (χ4n) is 2.01. The monoisotopic (exact) mass is 355 g/mol. The maximum absolute atomic E-state index is 11.7. The van der Waals surface area contributed by atoms with Gasteiger partial charge in [-0.3, -0.25) is 4.79 Å². The van der Waals surface area contributed by atoms with Crippen LogP contribution in [0, 0.1) is 0 Å². The minimum absolute atomic E-state index is 0.0262. The van der Waals surface area contributed by atoms with Crippen LogP contribution in [-0.4, -0.2) is 43.5 Å². The number of anilines is 1. The van der Waals surface area contributed by atoms with Gasteiger partial charge in [-0.2, -0.15) is 0 Å². The summed E-state index contributed by atoms with van der Waals surface area (Å²) in [6, 6.07) is 3.62. The molecule has 2 aromatic rings. The number of carbonyl (C=O) groups excluding carboxylic acids is 1. The number of amides is 1. The van der Waals surface area contributed by atoms with Gasteiger partial charge < -0.3 is 25.8 Å². The predicted molar refractivity (Wildman–Crippen MR) is 87.3 cm³/mol. The van der Waals surface area contributed by atoms with E-state index in [0.29, 0.717) is 36.2 Å². The van der Waals surface area contributed by atoms with Crippen molar-refractivity contribution in [3.05, 3.63) is 28.4 Å². The van der Waals surface area contributed by atoms with Crippen LogP contribution in [0.5, 0.6) is 11.5 Å². The maximum Gasteiger partial charge on any atom is 0.277 e. The Morgan fingerprint density at radius 2 is 2.08 bits per heavy atom. The molecule has 0 radical (unpaired) electrons. The first-order valence-corrected chi connectivity index (χ1v) is 7.42. The highest BCUT2D eigenvalue weighted by Gasteiger charge is 2.15. The average Bonchev–Trinajstić information content (AvgIpc) is 2.99.